The quantitative estimate of drug-likeness (QED) is 0.452. The summed E-state index contributed by atoms with van der Waals surface area (Å²) in [5.74, 6) is 1.47. The Labute approximate surface area is 171 Å². The standard InChI is InChI=1S/C20H25F2N3O3S/c1-3-23-20(24-11-12-29(26)17-7-5-4-6-8-17)25-14-15-13-16(27-2)9-10-18(15)28-19(21)22/h4-10,13,19H,3,11-12,14H2,1-2H3,(H2,23,24,25). The predicted molar refractivity (Wildman–Crippen MR) is 110 cm³/mol. The second-order valence-electron chi connectivity index (χ2n) is 5.84. The molecule has 2 aromatic rings. The Bertz CT molecular complexity index is 820. The number of ether oxygens (including phenoxy) is 2. The minimum atomic E-state index is -2.93. The fourth-order valence-corrected chi connectivity index (χ4v) is 3.46. The Hall–Kier alpha value is -2.68. The molecular formula is C20H25F2N3O3S. The highest BCUT2D eigenvalue weighted by Gasteiger charge is 2.11. The van der Waals surface area contributed by atoms with E-state index in [-0.39, 0.29) is 12.3 Å². The van der Waals surface area contributed by atoms with Gasteiger partial charge in [0.25, 0.3) is 0 Å². The Morgan fingerprint density at radius 2 is 1.93 bits per heavy atom. The number of benzene rings is 2. The minimum absolute atomic E-state index is 0.0468. The lowest BCUT2D eigenvalue weighted by Crippen LogP contribution is -2.39. The van der Waals surface area contributed by atoms with Crippen LogP contribution in [0.4, 0.5) is 8.78 Å². The normalized spacial score (nSPS) is 12.5. The lowest BCUT2D eigenvalue weighted by atomic mass is 10.2. The largest absolute Gasteiger partial charge is 0.497 e. The van der Waals surface area contributed by atoms with E-state index < -0.39 is 17.4 Å². The predicted octanol–water partition coefficient (Wildman–Crippen LogP) is 3.16. The Kier molecular flexibility index (Phi) is 9.36. The third kappa shape index (κ3) is 7.69. The first-order valence-electron chi connectivity index (χ1n) is 9.10. The molecule has 0 radical (unpaired) electrons. The average Bonchev–Trinajstić information content (AvgIpc) is 2.73. The molecule has 0 bridgehead atoms. The smallest absolute Gasteiger partial charge is 0.387 e. The van der Waals surface area contributed by atoms with Crippen LogP contribution >= 0.6 is 0 Å². The highest BCUT2D eigenvalue weighted by molar-refractivity contribution is 7.85. The first-order chi connectivity index (χ1) is 14.0. The second kappa shape index (κ2) is 12.0. The van der Waals surface area contributed by atoms with Crippen LogP contribution in [0.3, 0.4) is 0 Å². The van der Waals surface area contributed by atoms with Gasteiger partial charge in [-0.15, -0.1) is 0 Å². The first-order valence-corrected chi connectivity index (χ1v) is 10.4. The van der Waals surface area contributed by atoms with Crippen molar-refractivity contribution in [3.05, 3.63) is 54.1 Å². The van der Waals surface area contributed by atoms with E-state index in [0.29, 0.717) is 36.1 Å². The van der Waals surface area contributed by atoms with Gasteiger partial charge in [0.15, 0.2) is 5.96 Å². The first kappa shape index (κ1) is 22.6. The van der Waals surface area contributed by atoms with E-state index in [4.69, 9.17) is 4.74 Å². The third-order valence-corrected chi connectivity index (χ3v) is 5.19. The van der Waals surface area contributed by atoms with E-state index in [0.717, 1.165) is 4.90 Å². The zero-order chi connectivity index (χ0) is 21.1. The van der Waals surface area contributed by atoms with Gasteiger partial charge in [-0.2, -0.15) is 8.78 Å². The van der Waals surface area contributed by atoms with Crippen LogP contribution in [0, 0.1) is 0 Å². The van der Waals surface area contributed by atoms with Gasteiger partial charge < -0.3 is 20.1 Å². The number of nitrogens with zero attached hydrogens (tertiary/aromatic N) is 1. The van der Waals surface area contributed by atoms with Crippen molar-refractivity contribution in [2.45, 2.75) is 25.0 Å². The average molecular weight is 426 g/mol. The van der Waals surface area contributed by atoms with Crippen LogP contribution < -0.4 is 20.1 Å². The second-order valence-corrected chi connectivity index (χ2v) is 7.41. The van der Waals surface area contributed by atoms with Gasteiger partial charge in [-0.05, 0) is 37.3 Å². The van der Waals surface area contributed by atoms with Gasteiger partial charge in [-0.3, -0.25) is 4.21 Å². The molecule has 0 aromatic heterocycles. The molecule has 6 nitrogen and oxygen atoms in total. The molecule has 29 heavy (non-hydrogen) atoms. The molecule has 9 heteroatoms. The summed E-state index contributed by atoms with van der Waals surface area (Å²) in [7, 11) is 0.371. The number of halogens is 2. The monoisotopic (exact) mass is 425 g/mol. The zero-order valence-electron chi connectivity index (χ0n) is 16.4. The van der Waals surface area contributed by atoms with E-state index in [1.807, 2.05) is 37.3 Å². The van der Waals surface area contributed by atoms with E-state index in [2.05, 4.69) is 20.4 Å². The van der Waals surface area contributed by atoms with Crippen LogP contribution in [0.1, 0.15) is 12.5 Å². The van der Waals surface area contributed by atoms with Gasteiger partial charge >= 0.3 is 6.61 Å². The molecular weight excluding hydrogens is 400 g/mol. The molecule has 0 aliphatic rings. The summed E-state index contributed by atoms with van der Waals surface area (Å²) >= 11 is 0. The number of methoxy groups -OCH3 is 1. The van der Waals surface area contributed by atoms with Gasteiger partial charge in [0.2, 0.25) is 0 Å². The summed E-state index contributed by atoms with van der Waals surface area (Å²) in [6.07, 6.45) is 0. The summed E-state index contributed by atoms with van der Waals surface area (Å²) in [6.45, 7) is 0.148. The summed E-state index contributed by atoms with van der Waals surface area (Å²) in [5.41, 5.74) is 0.467. The van der Waals surface area contributed by atoms with E-state index >= 15 is 0 Å². The molecule has 0 spiro atoms. The number of hydrogen-bond donors (Lipinski definition) is 2. The molecule has 1 unspecified atom stereocenters. The van der Waals surface area contributed by atoms with Crippen LogP contribution in [0.2, 0.25) is 0 Å². The number of aliphatic imine (C=N–C) groups is 1. The van der Waals surface area contributed by atoms with Crippen molar-refractivity contribution in [1.82, 2.24) is 10.6 Å². The summed E-state index contributed by atoms with van der Waals surface area (Å²) in [4.78, 5) is 5.18. The fourth-order valence-electron chi connectivity index (χ4n) is 2.48. The van der Waals surface area contributed by atoms with Crippen molar-refractivity contribution in [2.75, 3.05) is 26.0 Å². The van der Waals surface area contributed by atoms with Crippen molar-refractivity contribution in [3.8, 4) is 11.5 Å². The van der Waals surface area contributed by atoms with Crippen molar-refractivity contribution in [1.29, 1.82) is 0 Å². The van der Waals surface area contributed by atoms with E-state index in [1.165, 1.54) is 13.2 Å². The minimum Gasteiger partial charge on any atom is -0.497 e. The maximum atomic E-state index is 12.6. The maximum Gasteiger partial charge on any atom is 0.387 e. The molecule has 0 fully saturated rings. The molecule has 1 atom stereocenters. The summed E-state index contributed by atoms with van der Waals surface area (Å²) in [5, 5.41) is 6.18. The SMILES string of the molecule is CCNC(=NCc1cc(OC)ccc1OC(F)F)NCCS(=O)c1ccccc1. The molecule has 0 saturated heterocycles. The fraction of sp³-hybridized carbons (Fsp3) is 0.350. The highest BCUT2D eigenvalue weighted by Crippen LogP contribution is 2.26. The molecule has 0 amide bonds. The van der Waals surface area contributed by atoms with Crippen molar-refractivity contribution in [2.24, 2.45) is 4.99 Å². The number of alkyl halides is 2. The van der Waals surface area contributed by atoms with Gasteiger partial charge in [-0.25, -0.2) is 4.99 Å². The Morgan fingerprint density at radius 3 is 2.59 bits per heavy atom. The highest BCUT2D eigenvalue weighted by atomic mass is 32.2. The van der Waals surface area contributed by atoms with Crippen molar-refractivity contribution in [3.63, 3.8) is 0 Å². The van der Waals surface area contributed by atoms with Crippen LogP contribution in [0.15, 0.2) is 58.4 Å². The van der Waals surface area contributed by atoms with Crippen molar-refractivity contribution >= 4 is 16.8 Å². The van der Waals surface area contributed by atoms with Gasteiger partial charge in [-0.1, -0.05) is 18.2 Å². The summed E-state index contributed by atoms with van der Waals surface area (Å²) < 4.78 is 47.3. The number of nitrogens with one attached hydrogen (secondary N) is 2. The van der Waals surface area contributed by atoms with E-state index in [1.54, 1.807) is 12.1 Å². The van der Waals surface area contributed by atoms with Crippen LogP contribution in [0.25, 0.3) is 0 Å². The van der Waals surface area contributed by atoms with Gasteiger partial charge in [0.1, 0.15) is 11.5 Å². The third-order valence-electron chi connectivity index (χ3n) is 3.82. The topological polar surface area (TPSA) is 72.0 Å². The zero-order valence-corrected chi connectivity index (χ0v) is 17.2. The molecule has 0 saturated carbocycles. The number of hydrogen-bond acceptors (Lipinski definition) is 4. The van der Waals surface area contributed by atoms with Gasteiger partial charge in [0, 0.05) is 29.3 Å². The molecule has 0 aliphatic carbocycles. The van der Waals surface area contributed by atoms with Crippen LogP contribution in [-0.2, 0) is 17.3 Å². The molecule has 2 aromatic carbocycles. The van der Waals surface area contributed by atoms with E-state index in [9.17, 15) is 13.0 Å². The molecule has 158 valence electrons. The van der Waals surface area contributed by atoms with Crippen LogP contribution in [-0.4, -0.2) is 42.7 Å². The van der Waals surface area contributed by atoms with Gasteiger partial charge in [0.05, 0.1) is 24.5 Å². The van der Waals surface area contributed by atoms with Crippen molar-refractivity contribution < 1.29 is 22.5 Å². The van der Waals surface area contributed by atoms with Crippen LogP contribution in [0.5, 0.6) is 11.5 Å². The molecule has 0 aliphatic heterocycles. The lowest BCUT2D eigenvalue weighted by molar-refractivity contribution is -0.0504. The molecule has 0 heterocycles. The number of guanidine groups is 1. The maximum absolute atomic E-state index is 12.6. The number of rotatable bonds is 10. The summed E-state index contributed by atoms with van der Waals surface area (Å²) in [6, 6.07) is 13.8. The molecule has 2 rings (SSSR count). The molecule has 2 N–H and O–H groups in total. The lowest BCUT2D eigenvalue weighted by Gasteiger charge is -2.13. The Morgan fingerprint density at radius 1 is 1.17 bits per heavy atom. The Balaban J connectivity index is 2.02.